The van der Waals surface area contributed by atoms with E-state index in [2.05, 4.69) is 21.0 Å². The van der Waals surface area contributed by atoms with Gasteiger partial charge in [-0.2, -0.15) is 5.10 Å². The average Bonchev–Trinajstić information content (AvgIpc) is 2.28. The molecule has 0 fully saturated rings. The molecule has 0 saturated carbocycles. The zero-order valence-corrected chi connectivity index (χ0v) is 8.05. The Hall–Kier alpha value is -0.640. The summed E-state index contributed by atoms with van der Waals surface area (Å²) in [7, 11) is 1.80. The van der Waals surface area contributed by atoms with Crippen molar-refractivity contribution in [2.45, 2.75) is 13.3 Å². The minimum absolute atomic E-state index is 0.662. The minimum atomic E-state index is 0.662. The van der Waals surface area contributed by atoms with Crippen LogP contribution in [0, 0.1) is 0 Å². The summed E-state index contributed by atoms with van der Waals surface area (Å²) < 4.78 is 2.41. The van der Waals surface area contributed by atoms with E-state index in [0.29, 0.717) is 5.56 Å². The number of aromatic nitrogens is 2. The van der Waals surface area contributed by atoms with Crippen molar-refractivity contribution in [3.63, 3.8) is 0 Å². The SMILES string of the molecule is CCc1nn(C)c(Br)c1C=O. The van der Waals surface area contributed by atoms with Gasteiger partial charge in [-0.15, -0.1) is 0 Å². The van der Waals surface area contributed by atoms with Gasteiger partial charge in [-0.1, -0.05) is 6.92 Å². The second-order valence-corrected chi connectivity index (χ2v) is 3.00. The quantitative estimate of drug-likeness (QED) is 0.704. The first-order valence-electron chi connectivity index (χ1n) is 3.37. The molecule has 0 aliphatic heterocycles. The van der Waals surface area contributed by atoms with Crippen LogP contribution >= 0.6 is 15.9 Å². The van der Waals surface area contributed by atoms with E-state index in [4.69, 9.17) is 0 Å². The molecule has 0 aromatic carbocycles. The molecule has 0 spiro atoms. The number of hydrogen-bond donors (Lipinski definition) is 0. The van der Waals surface area contributed by atoms with Gasteiger partial charge in [-0.25, -0.2) is 0 Å². The molecule has 0 radical (unpaired) electrons. The number of rotatable bonds is 2. The highest BCUT2D eigenvalue weighted by atomic mass is 79.9. The van der Waals surface area contributed by atoms with E-state index < -0.39 is 0 Å². The highest BCUT2D eigenvalue weighted by molar-refractivity contribution is 9.10. The van der Waals surface area contributed by atoms with Crippen molar-refractivity contribution < 1.29 is 4.79 Å². The van der Waals surface area contributed by atoms with E-state index in [1.807, 2.05) is 6.92 Å². The summed E-state index contributed by atoms with van der Waals surface area (Å²) in [6.07, 6.45) is 1.61. The Bertz CT molecular complexity index is 280. The molecule has 0 unspecified atom stereocenters. The predicted octanol–water partition coefficient (Wildman–Crippen LogP) is 1.56. The fourth-order valence-electron chi connectivity index (χ4n) is 0.950. The number of halogens is 1. The van der Waals surface area contributed by atoms with Crippen molar-refractivity contribution in [3.05, 3.63) is 15.9 Å². The number of hydrogen-bond acceptors (Lipinski definition) is 2. The van der Waals surface area contributed by atoms with Crippen LogP contribution in [-0.2, 0) is 13.5 Å². The summed E-state index contributed by atoms with van der Waals surface area (Å²) in [4.78, 5) is 10.5. The normalized spacial score (nSPS) is 10.1. The maximum Gasteiger partial charge on any atom is 0.154 e. The minimum Gasteiger partial charge on any atom is -0.298 e. The van der Waals surface area contributed by atoms with Gasteiger partial charge in [-0.3, -0.25) is 9.48 Å². The van der Waals surface area contributed by atoms with Crippen LogP contribution in [0.1, 0.15) is 23.0 Å². The van der Waals surface area contributed by atoms with Crippen molar-refractivity contribution in [1.82, 2.24) is 9.78 Å². The molecule has 0 saturated heterocycles. The lowest BCUT2D eigenvalue weighted by molar-refractivity contribution is 0.112. The predicted molar refractivity (Wildman–Crippen MR) is 45.7 cm³/mol. The zero-order valence-electron chi connectivity index (χ0n) is 6.47. The molecule has 3 nitrogen and oxygen atoms in total. The molecule has 0 N–H and O–H groups in total. The number of aldehydes is 1. The van der Waals surface area contributed by atoms with Gasteiger partial charge in [0.1, 0.15) is 4.60 Å². The van der Waals surface area contributed by atoms with E-state index in [1.54, 1.807) is 11.7 Å². The highest BCUT2D eigenvalue weighted by Crippen LogP contribution is 2.17. The molecule has 4 heteroatoms. The Labute approximate surface area is 73.5 Å². The van der Waals surface area contributed by atoms with Crippen LogP contribution in [0.15, 0.2) is 4.60 Å². The van der Waals surface area contributed by atoms with E-state index in [0.717, 1.165) is 23.0 Å². The van der Waals surface area contributed by atoms with Gasteiger partial charge in [0.25, 0.3) is 0 Å². The number of aryl methyl sites for hydroxylation is 2. The van der Waals surface area contributed by atoms with Crippen LogP contribution in [0.25, 0.3) is 0 Å². The lowest BCUT2D eigenvalue weighted by Gasteiger charge is -1.88. The van der Waals surface area contributed by atoms with Crippen LogP contribution in [-0.4, -0.2) is 16.1 Å². The fraction of sp³-hybridized carbons (Fsp3) is 0.429. The monoisotopic (exact) mass is 216 g/mol. The van der Waals surface area contributed by atoms with Crippen LogP contribution in [0.4, 0.5) is 0 Å². The van der Waals surface area contributed by atoms with E-state index in [9.17, 15) is 4.79 Å². The van der Waals surface area contributed by atoms with Crippen LogP contribution in [0.5, 0.6) is 0 Å². The second-order valence-electron chi connectivity index (χ2n) is 2.25. The van der Waals surface area contributed by atoms with Crippen LogP contribution in [0.2, 0.25) is 0 Å². The second kappa shape index (κ2) is 3.17. The van der Waals surface area contributed by atoms with E-state index >= 15 is 0 Å². The molecule has 0 amide bonds. The van der Waals surface area contributed by atoms with Gasteiger partial charge in [0, 0.05) is 7.05 Å². The van der Waals surface area contributed by atoms with Gasteiger partial charge >= 0.3 is 0 Å². The molecular weight excluding hydrogens is 208 g/mol. The smallest absolute Gasteiger partial charge is 0.154 e. The summed E-state index contributed by atoms with van der Waals surface area (Å²) in [6.45, 7) is 1.97. The lowest BCUT2D eigenvalue weighted by atomic mass is 10.2. The maximum atomic E-state index is 10.5. The Morgan fingerprint density at radius 2 is 2.36 bits per heavy atom. The zero-order chi connectivity index (χ0) is 8.43. The number of carbonyl (C=O) groups excluding carboxylic acids is 1. The molecule has 0 atom stereocenters. The molecular formula is C7H9BrN2O. The molecule has 1 aromatic rings. The van der Waals surface area contributed by atoms with Gasteiger partial charge < -0.3 is 0 Å². The van der Waals surface area contributed by atoms with Crippen molar-refractivity contribution in [1.29, 1.82) is 0 Å². The van der Waals surface area contributed by atoms with Gasteiger partial charge in [-0.05, 0) is 22.4 Å². The molecule has 0 bridgehead atoms. The average molecular weight is 217 g/mol. The van der Waals surface area contributed by atoms with Gasteiger partial charge in [0.2, 0.25) is 0 Å². The Morgan fingerprint density at radius 1 is 1.73 bits per heavy atom. The molecule has 1 rings (SSSR count). The summed E-state index contributed by atoms with van der Waals surface area (Å²) in [6, 6.07) is 0. The highest BCUT2D eigenvalue weighted by Gasteiger charge is 2.10. The summed E-state index contributed by atoms with van der Waals surface area (Å²) >= 11 is 3.27. The molecule has 1 aromatic heterocycles. The lowest BCUT2D eigenvalue weighted by Crippen LogP contribution is -1.90. The Morgan fingerprint density at radius 3 is 2.73 bits per heavy atom. The molecule has 1 heterocycles. The Balaban J connectivity index is 3.26. The van der Waals surface area contributed by atoms with Crippen LogP contribution < -0.4 is 0 Å². The van der Waals surface area contributed by atoms with Crippen molar-refractivity contribution in [2.75, 3.05) is 0 Å². The standard InChI is InChI=1S/C7H9BrN2O/c1-3-6-5(4-11)7(8)10(2)9-6/h4H,3H2,1-2H3. The molecule has 0 aliphatic carbocycles. The number of nitrogens with zero attached hydrogens (tertiary/aromatic N) is 2. The third-order valence-corrected chi connectivity index (χ3v) is 2.48. The molecule has 60 valence electrons. The summed E-state index contributed by atoms with van der Waals surface area (Å²) in [5.74, 6) is 0. The third kappa shape index (κ3) is 1.35. The van der Waals surface area contributed by atoms with Gasteiger partial charge in [0.05, 0.1) is 11.3 Å². The Kier molecular flexibility index (Phi) is 2.44. The maximum absolute atomic E-state index is 10.5. The third-order valence-electron chi connectivity index (χ3n) is 1.54. The van der Waals surface area contributed by atoms with Crippen LogP contribution in [0.3, 0.4) is 0 Å². The first kappa shape index (κ1) is 8.46. The topological polar surface area (TPSA) is 34.9 Å². The van der Waals surface area contributed by atoms with Crippen molar-refractivity contribution in [2.24, 2.45) is 7.05 Å². The molecule has 11 heavy (non-hydrogen) atoms. The van der Waals surface area contributed by atoms with E-state index in [-0.39, 0.29) is 0 Å². The molecule has 0 aliphatic rings. The summed E-state index contributed by atoms with van der Waals surface area (Å²) in [5, 5.41) is 4.14. The summed E-state index contributed by atoms with van der Waals surface area (Å²) in [5.41, 5.74) is 1.50. The van der Waals surface area contributed by atoms with Crippen molar-refractivity contribution in [3.8, 4) is 0 Å². The van der Waals surface area contributed by atoms with Gasteiger partial charge in [0.15, 0.2) is 6.29 Å². The number of carbonyl (C=O) groups is 1. The largest absolute Gasteiger partial charge is 0.298 e. The first-order valence-corrected chi connectivity index (χ1v) is 4.16. The van der Waals surface area contributed by atoms with Crippen molar-refractivity contribution >= 4 is 22.2 Å². The fourth-order valence-corrected chi connectivity index (χ4v) is 1.35. The first-order chi connectivity index (χ1) is 5.20. The van der Waals surface area contributed by atoms with E-state index in [1.165, 1.54) is 0 Å².